The number of nitrogens with two attached hydrogens (primary N) is 1. The monoisotopic (exact) mass is 282 g/mol. The largest absolute Gasteiger partial charge is 0.462 e. The van der Waals surface area contributed by atoms with Crippen LogP contribution in [0.1, 0.15) is 28.3 Å². The molecule has 0 aromatic carbocycles. The van der Waals surface area contributed by atoms with Gasteiger partial charge in [0, 0.05) is 0 Å². The molecular formula is C11H14N4O3S. The average molecular weight is 282 g/mol. The highest BCUT2D eigenvalue weighted by atomic mass is 32.1. The van der Waals surface area contributed by atoms with E-state index in [1.165, 1.54) is 11.3 Å². The molecule has 2 heterocycles. The van der Waals surface area contributed by atoms with E-state index < -0.39 is 5.97 Å². The fraction of sp³-hybridized carbons (Fsp3) is 0.364. The summed E-state index contributed by atoms with van der Waals surface area (Å²) in [6.45, 7) is 4.19. The van der Waals surface area contributed by atoms with Crippen LogP contribution in [0, 0.1) is 6.92 Å². The van der Waals surface area contributed by atoms with Crippen LogP contribution in [0.3, 0.4) is 0 Å². The Hall–Kier alpha value is -2.09. The topological polar surface area (TPSA) is 103 Å². The van der Waals surface area contributed by atoms with E-state index in [2.05, 4.69) is 15.5 Å². The molecule has 8 heteroatoms. The summed E-state index contributed by atoms with van der Waals surface area (Å²) >= 11 is 1.23. The minimum atomic E-state index is -0.410. The first-order chi connectivity index (χ1) is 9.10. The first-order valence-corrected chi connectivity index (χ1v) is 6.51. The van der Waals surface area contributed by atoms with Gasteiger partial charge in [0.15, 0.2) is 5.82 Å². The van der Waals surface area contributed by atoms with Crippen LogP contribution in [0.15, 0.2) is 10.6 Å². The summed E-state index contributed by atoms with van der Waals surface area (Å²) in [6, 6.07) is 1.68. The number of hydrogen-bond donors (Lipinski definition) is 2. The number of thiophene rings is 1. The number of carbonyl (C=O) groups is 1. The minimum Gasteiger partial charge on any atom is -0.462 e. The summed E-state index contributed by atoms with van der Waals surface area (Å²) in [6.07, 6.45) is 0. The van der Waals surface area contributed by atoms with E-state index in [1.54, 1.807) is 19.9 Å². The van der Waals surface area contributed by atoms with Crippen molar-refractivity contribution in [3.8, 4) is 0 Å². The fourth-order valence-corrected chi connectivity index (χ4v) is 2.29. The van der Waals surface area contributed by atoms with Crippen molar-refractivity contribution in [2.75, 3.05) is 17.7 Å². The molecule has 102 valence electrons. The molecule has 0 aliphatic heterocycles. The highest BCUT2D eigenvalue weighted by Gasteiger charge is 2.15. The summed E-state index contributed by atoms with van der Waals surface area (Å²) in [4.78, 5) is 16.1. The maximum atomic E-state index is 11.6. The van der Waals surface area contributed by atoms with E-state index in [9.17, 15) is 4.79 Å². The van der Waals surface area contributed by atoms with Gasteiger partial charge >= 0.3 is 5.97 Å². The van der Waals surface area contributed by atoms with Crippen LogP contribution in [-0.2, 0) is 11.3 Å². The molecule has 2 aromatic heterocycles. The van der Waals surface area contributed by atoms with Gasteiger partial charge in [-0.25, -0.2) is 4.79 Å². The van der Waals surface area contributed by atoms with Crippen LogP contribution in [0.2, 0.25) is 0 Å². The van der Waals surface area contributed by atoms with Crippen molar-refractivity contribution in [3.63, 3.8) is 0 Å². The molecule has 0 fully saturated rings. The Labute approximate surface area is 113 Å². The molecule has 7 nitrogen and oxygen atoms in total. The fourth-order valence-electron chi connectivity index (χ4n) is 1.42. The highest BCUT2D eigenvalue weighted by Crippen LogP contribution is 2.30. The Morgan fingerprint density at radius 2 is 2.42 bits per heavy atom. The van der Waals surface area contributed by atoms with E-state index in [4.69, 9.17) is 15.0 Å². The first kappa shape index (κ1) is 13.3. The second kappa shape index (κ2) is 5.70. The van der Waals surface area contributed by atoms with Crippen molar-refractivity contribution in [1.82, 2.24) is 10.1 Å². The minimum absolute atomic E-state index is 0.320. The Morgan fingerprint density at radius 1 is 1.63 bits per heavy atom. The third-order valence-corrected chi connectivity index (χ3v) is 3.29. The number of nitrogens with one attached hydrogen (secondary N) is 1. The van der Waals surface area contributed by atoms with Crippen LogP contribution < -0.4 is 11.1 Å². The molecule has 0 unspecified atom stereocenters. The van der Waals surface area contributed by atoms with Gasteiger partial charge in [0.25, 0.3) is 0 Å². The normalized spacial score (nSPS) is 10.4. The lowest BCUT2D eigenvalue weighted by molar-refractivity contribution is 0.0533. The van der Waals surface area contributed by atoms with Crippen molar-refractivity contribution < 1.29 is 14.1 Å². The van der Waals surface area contributed by atoms with E-state index in [0.29, 0.717) is 35.4 Å². The molecule has 0 atom stereocenters. The Morgan fingerprint density at radius 3 is 3.05 bits per heavy atom. The molecule has 0 saturated carbocycles. The van der Waals surface area contributed by atoms with Crippen LogP contribution in [0.25, 0.3) is 0 Å². The summed E-state index contributed by atoms with van der Waals surface area (Å²) in [7, 11) is 0. The predicted molar refractivity (Wildman–Crippen MR) is 71.0 cm³/mol. The quantitative estimate of drug-likeness (QED) is 0.806. The molecule has 0 radical (unpaired) electrons. The molecular weight excluding hydrogens is 268 g/mol. The van der Waals surface area contributed by atoms with Crippen molar-refractivity contribution >= 4 is 28.0 Å². The zero-order valence-electron chi connectivity index (χ0n) is 10.6. The van der Waals surface area contributed by atoms with Crippen molar-refractivity contribution in [2.45, 2.75) is 20.4 Å². The lowest BCUT2D eigenvalue weighted by Crippen LogP contribution is -2.04. The van der Waals surface area contributed by atoms with Crippen LogP contribution >= 0.6 is 11.3 Å². The third kappa shape index (κ3) is 3.22. The van der Waals surface area contributed by atoms with E-state index in [0.717, 1.165) is 5.00 Å². The molecule has 2 aromatic rings. The first-order valence-electron chi connectivity index (χ1n) is 5.69. The molecule has 0 bridgehead atoms. The summed E-state index contributed by atoms with van der Waals surface area (Å²) < 4.78 is 9.88. The Balaban J connectivity index is 2.01. The highest BCUT2D eigenvalue weighted by molar-refractivity contribution is 7.18. The second-order valence-electron chi connectivity index (χ2n) is 3.70. The summed E-state index contributed by atoms with van der Waals surface area (Å²) in [5.41, 5.74) is 6.16. The van der Waals surface area contributed by atoms with E-state index in [-0.39, 0.29) is 0 Å². The third-order valence-electron chi connectivity index (χ3n) is 2.21. The van der Waals surface area contributed by atoms with Gasteiger partial charge in [-0.15, -0.1) is 11.3 Å². The van der Waals surface area contributed by atoms with Gasteiger partial charge in [-0.3, -0.25) is 0 Å². The predicted octanol–water partition coefficient (Wildman–Crippen LogP) is 1.81. The van der Waals surface area contributed by atoms with Gasteiger partial charge in [0.1, 0.15) is 4.88 Å². The number of nitrogens with zero attached hydrogens (tertiary/aromatic N) is 2. The van der Waals surface area contributed by atoms with Gasteiger partial charge < -0.3 is 20.3 Å². The molecule has 0 spiro atoms. The van der Waals surface area contributed by atoms with Gasteiger partial charge in [0.2, 0.25) is 5.89 Å². The van der Waals surface area contributed by atoms with Crippen molar-refractivity contribution in [2.24, 2.45) is 0 Å². The number of anilines is 2. The van der Waals surface area contributed by atoms with Gasteiger partial charge in [-0.1, -0.05) is 5.16 Å². The van der Waals surface area contributed by atoms with E-state index in [1.807, 2.05) is 0 Å². The number of rotatable bonds is 5. The van der Waals surface area contributed by atoms with Crippen LogP contribution in [-0.4, -0.2) is 22.7 Å². The number of aryl methyl sites for hydroxylation is 1. The number of aromatic nitrogens is 2. The molecule has 19 heavy (non-hydrogen) atoms. The molecule has 0 saturated heterocycles. The Kier molecular flexibility index (Phi) is 4.00. The standard InChI is InChI=1S/C11H14N4O3S/c1-3-17-11(16)10-7(12)4-9(19-10)13-5-8-14-6(2)15-18-8/h4,13H,3,5,12H2,1-2H3. The number of hydrogen-bond acceptors (Lipinski definition) is 8. The number of carbonyl (C=O) groups excluding carboxylic acids is 1. The van der Waals surface area contributed by atoms with Gasteiger partial charge in [0.05, 0.1) is 23.8 Å². The molecule has 0 aliphatic rings. The Bertz CT molecular complexity index is 578. The SMILES string of the molecule is CCOC(=O)c1sc(NCc2nc(C)no2)cc1N. The maximum Gasteiger partial charge on any atom is 0.350 e. The lowest BCUT2D eigenvalue weighted by atomic mass is 10.4. The number of ether oxygens (including phenoxy) is 1. The van der Waals surface area contributed by atoms with Crippen molar-refractivity contribution in [1.29, 1.82) is 0 Å². The summed E-state index contributed by atoms with van der Waals surface area (Å²) in [5.74, 6) is 0.642. The molecule has 0 aliphatic carbocycles. The zero-order chi connectivity index (χ0) is 13.8. The van der Waals surface area contributed by atoms with E-state index >= 15 is 0 Å². The van der Waals surface area contributed by atoms with Crippen LogP contribution in [0.5, 0.6) is 0 Å². The van der Waals surface area contributed by atoms with Crippen molar-refractivity contribution in [3.05, 3.63) is 22.7 Å². The van der Waals surface area contributed by atoms with Gasteiger partial charge in [-0.2, -0.15) is 4.98 Å². The summed E-state index contributed by atoms with van der Waals surface area (Å²) in [5, 5.41) is 7.50. The lowest BCUT2D eigenvalue weighted by Gasteiger charge is -1.99. The average Bonchev–Trinajstić information content (AvgIpc) is 2.93. The second-order valence-corrected chi connectivity index (χ2v) is 4.76. The van der Waals surface area contributed by atoms with Gasteiger partial charge in [-0.05, 0) is 19.9 Å². The molecule has 0 amide bonds. The number of esters is 1. The van der Waals surface area contributed by atoms with Crippen LogP contribution in [0.4, 0.5) is 10.7 Å². The smallest absolute Gasteiger partial charge is 0.350 e. The molecule has 3 N–H and O–H groups in total. The zero-order valence-corrected chi connectivity index (χ0v) is 11.4. The molecule has 2 rings (SSSR count). The maximum absolute atomic E-state index is 11.6. The number of nitrogen functional groups attached to an aromatic ring is 1.